The third kappa shape index (κ3) is 4.21. The lowest BCUT2D eigenvalue weighted by molar-refractivity contribution is 0.121. The molecule has 0 saturated carbocycles. The average Bonchev–Trinajstić information content (AvgIpc) is 3.62. The number of amides is 1. The van der Waals surface area contributed by atoms with Crippen LogP contribution < -0.4 is 0 Å². The molecule has 2 aliphatic heterocycles. The molecule has 192 valence electrons. The van der Waals surface area contributed by atoms with E-state index in [9.17, 15) is 19.4 Å². The Morgan fingerprint density at radius 1 is 1.24 bits per heavy atom. The summed E-state index contributed by atoms with van der Waals surface area (Å²) in [5, 5.41) is 27.7. The number of hydrogen-bond donors (Lipinski definition) is 4. The first-order chi connectivity index (χ1) is 17.9. The van der Waals surface area contributed by atoms with Crippen LogP contribution in [0.15, 0.2) is 30.3 Å². The van der Waals surface area contributed by atoms with Crippen LogP contribution in [0, 0.1) is 5.82 Å². The van der Waals surface area contributed by atoms with Crippen LogP contribution in [0.1, 0.15) is 36.7 Å². The minimum atomic E-state index is -0.834. The lowest BCUT2D eigenvalue weighted by atomic mass is 9.96. The van der Waals surface area contributed by atoms with Crippen LogP contribution in [0.4, 0.5) is 9.18 Å². The minimum Gasteiger partial charge on any atom is -0.505 e. The van der Waals surface area contributed by atoms with Crippen molar-refractivity contribution in [3.8, 4) is 28.4 Å². The molecule has 0 spiro atoms. The maximum absolute atomic E-state index is 14.1. The van der Waals surface area contributed by atoms with E-state index in [2.05, 4.69) is 20.1 Å². The van der Waals surface area contributed by atoms with Gasteiger partial charge in [-0.15, -0.1) is 0 Å². The van der Waals surface area contributed by atoms with Crippen molar-refractivity contribution in [3.05, 3.63) is 53.1 Å². The molecule has 0 bridgehead atoms. The van der Waals surface area contributed by atoms with Gasteiger partial charge >= 0.3 is 6.09 Å². The Balaban J connectivity index is 1.25. The number of likely N-dealkylation sites (tertiary alicyclic amines) is 1. The average molecular weight is 505 g/mol. The molecule has 4 heterocycles. The highest BCUT2D eigenvalue weighted by atomic mass is 19.1. The molecule has 4 N–H and O–H groups in total. The zero-order valence-electron chi connectivity index (χ0n) is 20.6. The fraction of sp³-hybridized carbons (Fsp3) is 0.370. The lowest BCUT2D eigenvalue weighted by Crippen LogP contribution is -2.44. The number of phenols is 1. The first kappa shape index (κ1) is 23.5. The number of benzene rings is 2. The normalized spacial score (nSPS) is 18.0. The van der Waals surface area contributed by atoms with Gasteiger partial charge in [-0.05, 0) is 60.2 Å². The molecule has 1 fully saturated rings. The number of aromatic hydroxyl groups is 1. The van der Waals surface area contributed by atoms with Gasteiger partial charge in [0.2, 0.25) is 0 Å². The molecule has 1 atom stereocenters. The summed E-state index contributed by atoms with van der Waals surface area (Å²) >= 11 is 0. The number of fused-ring (bicyclic) bond motifs is 2. The molecule has 0 aliphatic carbocycles. The monoisotopic (exact) mass is 504 g/mol. The maximum atomic E-state index is 14.1. The SMILES string of the molecule is CCc1cc(O)c(F)cc1-c1ccc2c(-c3nc4c([nH]3)CN(C[C@@H]3CCCN3C(=O)O)CC4)n[nH]c2c1. The summed E-state index contributed by atoms with van der Waals surface area (Å²) in [5.41, 5.74) is 6.05. The van der Waals surface area contributed by atoms with Crippen molar-refractivity contribution >= 4 is 17.0 Å². The Morgan fingerprint density at radius 3 is 2.92 bits per heavy atom. The van der Waals surface area contributed by atoms with Crippen LogP contribution in [0.2, 0.25) is 0 Å². The van der Waals surface area contributed by atoms with Gasteiger partial charge in [-0.1, -0.05) is 13.0 Å². The summed E-state index contributed by atoms with van der Waals surface area (Å²) in [6.45, 7) is 4.85. The Labute approximate surface area is 212 Å². The van der Waals surface area contributed by atoms with Crippen molar-refractivity contribution in [3.63, 3.8) is 0 Å². The number of carboxylic acid groups (broad SMARTS) is 1. The van der Waals surface area contributed by atoms with E-state index in [1.54, 1.807) is 4.90 Å². The van der Waals surface area contributed by atoms with Crippen molar-refractivity contribution in [2.75, 3.05) is 19.6 Å². The van der Waals surface area contributed by atoms with Crippen molar-refractivity contribution < 1.29 is 19.4 Å². The molecule has 6 rings (SSSR count). The molecule has 2 aromatic heterocycles. The van der Waals surface area contributed by atoms with Crippen LogP contribution in [0.5, 0.6) is 5.75 Å². The Hall–Kier alpha value is -3.92. The molecular formula is C27H29FN6O3. The van der Waals surface area contributed by atoms with Gasteiger partial charge in [0.25, 0.3) is 0 Å². The highest BCUT2D eigenvalue weighted by Gasteiger charge is 2.31. The number of aromatic nitrogens is 4. The molecule has 37 heavy (non-hydrogen) atoms. The van der Waals surface area contributed by atoms with E-state index in [0.717, 1.165) is 77.0 Å². The molecular weight excluding hydrogens is 475 g/mol. The van der Waals surface area contributed by atoms with Gasteiger partial charge < -0.3 is 20.1 Å². The van der Waals surface area contributed by atoms with Crippen molar-refractivity contribution in [1.29, 1.82) is 0 Å². The summed E-state index contributed by atoms with van der Waals surface area (Å²) in [6, 6.07) is 8.74. The summed E-state index contributed by atoms with van der Waals surface area (Å²) in [7, 11) is 0. The predicted molar refractivity (Wildman–Crippen MR) is 137 cm³/mol. The first-order valence-electron chi connectivity index (χ1n) is 12.7. The number of aromatic amines is 2. The van der Waals surface area contributed by atoms with E-state index in [0.29, 0.717) is 25.3 Å². The Bertz CT molecular complexity index is 1500. The Kier molecular flexibility index (Phi) is 5.83. The van der Waals surface area contributed by atoms with Gasteiger partial charge in [-0.25, -0.2) is 14.2 Å². The summed E-state index contributed by atoms with van der Waals surface area (Å²) in [4.78, 5) is 23.7. The van der Waals surface area contributed by atoms with Gasteiger partial charge in [-0.3, -0.25) is 10.00 Å². The van der Waals surface area contributed by atoms with Gasteiger partial charge in [-0.2, -0.15) is 5.10 Å². The third-order valence-corrected chi connectivity index (χ3v) is 7.65. The number of rotatable bonds is 5. The molecule has 1 amide bonds. The highest BCUT2D eigenvalue weighted by Crippen LogP contribution is 2.34. The van der Waals surface area contributed by atoms with E-state index >= 15 is 0 Å². The largest absolute Gasteiger partial charge is 0.505 e. The Morgan fingerprint density at radius 2 is 2.11 bits per heavy atom. The van der Waals surface area contributed by atoms with E-state index in [-0.39, 0.29) is 11.8 Å². The summed E-state index contributed by atoms with van der Waals surface area (Å²) in [5.74, 6) is -0.284. The minimum absolute atomic E-state index is 0.0428. The second kappa shape index (κ2) is 9.19. The number of imidazole rings is 1. The van der Waals surface area contributed by atoms with Crippen molar-refractivity contribution in [2.24, 2.45) is 0 Å². The topological polar surface area (TPSA) is 121 Å². The second-order valence-electron chi connectivity index (χ2n) is 9.91. The van der Waals surface area contributed by atoms with E-state index in [1.807, 2.05) is 25.1 Å². The van der Waals surface area contributed by atoms with Gasteiger partial charge in [0, 0.05) is 44.0 Å². The fourth-order valence-corrected chi connectivity index (χ4v) is 5.73. The van der Waals surface area contributed by atoms with E-state index < -0.39 is 11.9 Å². The molecule has 0 unspecified atom stereocenters. The zero-order valence-corrected chi connectivity index (χ0v) is 20.6. The number of nitrogens with zero attached hydrogens (tertiary/aromatic N) is 4. The predicted octanol–water partition coefficient (Wildman–Crippen LogP) is 4.53. The zero-order chi connectivity index (χ0) is 25.7. The number of aryl methyl sites for hydroxylation is 1. The lowest BCUT2D eigenvalue weighted by Gasteiger charge is -2.31. The van der Waals surface area contributed by atoms with Crippen molar-refractivity contribution in [2.45, 2.75) is 45.2 Å². The van der Waals surface area contributed by atoms with Crippen LogP contribution in [-0.4, -0.2) is 71.9 Å². The first-order valence-corrected chi connectivity index (χ1v) is 12.7. The highest BCUT2D eigenvalue weighted by molar-refractivity contribution is 5.94. The fourth-order valence-electron chi connectivity index (χ4n) is 5.73. The van der Waals surface area contributed by atoms with Crippen LogP contribution in [-0.2, 0) is 19.4 Å². The van der Waals surface area contributed by atoms with Gasteiger partial charge in [0.15, 0.2) is 17.4 Å². The number of nitrogens with one attached hydrogen (secondary N) is 2. The second-order valence-corrected chi connectivity index (χ2v) is 9.91. The van der Waals surface area contributed by atoms with E-state index in [4.69, 9.17) is 4.98 Å². The smallest absolute Gasteiger partial charge is 0.407 e. The standard InChI is InChI=1S/C27H29FN6O3/c1-2-15-11-24(35)20(28)12-19(15)16-5-6-18-22(10-16)31-32-25(18)26-29-21-7-9-33(14-23(21)30-26)13-17-4-3-8-34(17)27(36)37/h5-6,10-12,17,35H,2-4,7-9,13-14H2,1H3,(H,29,30)(H,31,32)(H,36,37)/t17-/m0/s1. The molecule has 9 nitrogen and oxygen atoms in total. The number of phenolic OH excluding ortho intramolecular Hbond substituents is 1. The maximum Gasteiger partial charge on any atom is 0.407 e. The number of hydrogen-bond acceptors (Lipinski definition) is 5. The summed E-state index contributed by atoms with van der Waals surface area (Å²) in [6.07, 6.45) is 2.45. The number of H-pyrrole nitrogens is 2. The molecule has 4 aromatic rings. The number of carbonyl (C=O) groups is 1. The van der Waals surface area contributed by atoms with E-state index in [1.165, 1.54) is 12.1 Å². The molecule has 2 aliphatic rings. The molecule has 2 aromatic carbocycles. The van der Waals surface area contributed by atoms with Crippen molar-refractivity contribution in [1.82, 2.24) is 30.0 Å². The third-order valence-electron chi connectivity index (χ3n) is 7.65. The molecule has 0 radical (unpaired) electrons. The van der Waals surface area contributed by atoms with Gasteiger partial charge in [0.05, 0.1) is 16.9 Å². The van der Waals surface area contributed by atoms with Gasteiger partial charge in [0.1, 0.15) is 5.69 Å². The quantitative estimate of drug-likeness (QED) is 0.317. The molecule has 10 heteroatoms. The number of halogens is 1. The summed E-state index contributed by atoms with van der Waals surface area (Å²) < 4.78 is 14.1. The van der Waals surface area contributed by atoms with Crippen LogP contribution in [0.25, 0.3) is 33.5 Å². The van der Waals surface area contributed by atoms with Crippen LogP contribution in [0.3, 0.4) is 0 Å². The van der Waals surface area contributed by atoms with Crippen LogP contribution >= 0.6 is 0 Å². The molecule has 1 saturated heterocycles.